The van der Waals surface area contributed by atoms with Crippen LogP contribution in [0.4, 0.5) is 5.69 Å². The number of nitrogens with zero attached hydrogens (tertiary/aromatic N) is 1. The van der Waals surface area contributed by atoms with E-state index < -0.39 is 0 Å². The third-order valence-electron chi connectivity index (χ3n) is 3.78. The molecule has 0 aliphatic heterocycles. The molecule has 1 aromatic carbocycles. The molecule has 100 valence electrons. The number of hydrogen-bond acceptors (Lipinski definition) is 2. The largest absolute Gasteiger partial charge is 0.399 e. The fourth-order valence-electron chi connectivity index (χ4n) is 3.01. The average Bonchev–Trinajstić information content (AvgIpc) is 2.80. The van der Waals surface area contributed by atoms with Crippen molar-refractivity contribution in [1.82, 2.24) is 4.90 Å². The molecule has 1 aliphatic rings. The molecule has 1 saturated carbocycles. The van der Waals surface area contributed by atoms with Crippen molar-refractivity contribution in [2.75, 3.05) is 12.3 Å². The van der Waals surface area contributed by atoms with Crippen LogP contribution < -0.4 is 5.73 Å². The highest BCUT2D eigenvalue weighted by atomic mass is 15.2. The van der Waals surface area contributed by atoms with E-state index in [-0.39, 0.29) is 0 Å². The van der Waals surface area contributed by atoms with Gasteiger partial charge in [-0.15, -0.1) is 0 Å². The molecule has 0 atom stereocenters. The lowest BCUT2D eigenvalue weighted by Crippen LogP contribution is -2.35. The van der Waals surface area contributed by atoms with E-state index in [4.69, 9.17) is 5.73 Å². The number of benzene rings is 1. The summed E-state index contributed by atoms with van der Waals surface area (Å²) in [4.78, 5) is 2.66. The van der Waals surface area contributed by atoms with Gasteiger partial charge in [-0.05, 0) is 36.5 Å². The fourth-order valence-corrected chi connectivity index (χ4v) is 3.01. The molecule has 0 bridgehead atoms. The van der Waals surface area contributed by atoms with Gasteiger partial charge < -0.3 is 5.73 Å². The van der Waals surface area contributed by atoms with Crippen molar-refractivity contribution < 1.29 is 0 Å². The van der Waals surface area contributed by atoms with Crippen LogP contribution in [-0.4, -0.2) is 17.5 Å². The van der Waals surface area contributed by atoms with Crippen molar-refractivity contribution in [2.45, 2.75) is 52.1 Å². The molecule has 0 unspecified atom stereocenters. The lowest BCUT2D eigenvalue weighted by molar-refractivity contribution is 0.168. The lowest BCUT2D eigenvalue weighted by atomic mass is 10.1. The number of nitrogens with two attached hydrogens (primary N) is 1. The number of rotatable bonds is 5. The Bertz CT molecular complexity index is 367. The van der Waals surface area contributed by atoms with Crippen LogP contribution in [0.2, 0.25) is 0 Å². The zero-order valence-electron chi connectivity index (χ0n) is 11.7. The molecule has 0 saturated heterocycles. The zero-order valence-corrected chi connectivity index (χ0v) is 11.7. The molecule has 0 amide bonds. The zero-order chi connectivity index (χ0) is 13.0. The van der Waals surface area contributed by atoms with Gasteiger partial charge in [-0.1, -0.05) is 38.8 Å². The van der Waals surface area contributed by atoms with E-state index in [0.29, 0.717) is 0 Å². The SMILES string of the molecule is CC(C)CN(Cc1cccc(N)c1)C1CCCC1. The summed E-state index contributed by atoms with van der Waals surface area (Å²) in [6.45, 7) is 6.86. The molecular formula is C16H26N2. The van der Waals surface area contributed by atoms with Gasteiger partial charge in [0.05, 0.1) is 0 Å². The molecule has 2 rings (SSSR count). The van der Waals surface area contributed by atoms with Gasteiger partial charge in [-0.2, -0.15) is 0 Å². The number of nitrogen functional groups attached to an aromatic ring is 1. The summed E-state index contributed by atoms with van der Waals surface area (Å²) in [6.07, 6.45) is 5.54. The summed E-state index contributed by atoms with van der Waals surface area (Å²) >= 11 is 0. The van der Waals surface area contributed by atoms with Crippen LogP contribution in [0.5, 0.6) is 0 Å². The Hall–Kier alpha value is -1.02. The highest BCUT2D eigenvalue weighted by Gasteiger charge is 2.23. The van der Waals surface area contributed by atoms with Gasteiger partial charge in [0.1, 0.15) is 0 Å². The Morgan fingerprint density at radius 3 is 2.61 bits per heavy atom. The molecule has 2 nitrogen and oxygen atoms in total. The van der Waals surface area contributed by atoms with Crippen LogP contribution in [0.1, 0.15) is 45.1 Å². The van der Waals surface area contributed by atoms with Crippen LogP contribution >= 0.6 is 0 Å². The lowest BCUT2D eigenvalue weighted by Gasteiger charge is -2.30. The smallest absolute Gasteiger partial charge is 0.0317 e. The minimum absolute atomic E-state index is 0.728. The fraction of sp³-hybridized carbons (Fsp3) is 0.625. The molecule has 1 fully saturated rings. The Morgan fingerprint density at radius 1 is 1.28 bits per heavy atom. The Balaban J connectivity index is 2.04. The van der Waals surface area contributed by atoms with Crippen LogP contribution in [0.25, 0.3) is 0 Å². The van der Waals surface area contributed by atoms with Crippen LogP contribution in [0, 0.1) is 5.92 Å². The maximum absolute atomic E-state index is 5.87. The molecule has 1 aliphatic carbocycles. The maximum Gasteiger partial charge on any atom is 0.0317 e. The second-order valence-electron chi connectivity index (χ2n) is 6.01. The summed E-state index contributed by atoms with van der Waals surface area (Å²) < 4.78 is 0. The van der Waals surface area contributed by atoms with E-state index in [9.17, 15) is 0 Å². The van der Waals surface area contributed by atoms with Crippen LogP contribution in [0.15, 0.2) is 24.3 Å². The molecule has 2 heteroatoms. The summed E-state index contributed by atoms with van der Waals surface area (Å²) in [6, 6.07) is 9.12. The molecule has 18 heavy (non-hydrogen) atoms. The highest BCUT2D eigenvalue weighted by molar-refractivity contribution is 5.40. The van der Waals surface area contributed by atoms with Crippen molar-refractivity contribution >= 4 is 5.69 Å². The first-order valence-corrected chi connectivity index (χ1v) is 7.23. The van der Waals surface area contributed by atoms with Crippen molar-refractivity contribution in [3.05, 3.63) is 29.8 Å². The Kier molecular flexibility index (Phi) is 4.65. The molecule has 0 spiro atoms. The Morgan fingerprint density at radius 2 is 2.00 bits per heavy atom. The number of anilines is 1. The molecule has 0 aromatic heterocycles. The quantitative estimate of drug-likeness (QED) is 0.803. The predicted molar refractivity (Wildman–Crippen MR) is 78.4 cm³/mol. The van der Waals surface area contributed by atoms with E-state index >= 15 is 0 Å². The van der Waals surface area contributed by atoms with Gasteiger partial charge in [0.25, 0.3) is 0 Å². The van der Waals surface area contributed by atoms with Crippen molar-refractivity contribution in [3.8, 4) is 0 Å². The van der Waals surface area contributed by atoms with E-state index in [1.54, 1.807) is 0 Å². The second-order valence-corrected chi connectivity index (χ2v) is 6.01. The maximum atomic E-state index is 5.87. The monoisotopic (exact) mass is 246 g/mol. The second kappa shape index (κ2) is 6.24. The summed E-state index contributed by atoms with van der Waals surface area (Å²) in [5, 5.41) is 0. The van der Waals surface area contributed by atoms with Crippen LogP contribution in [-0.2, 0) is 6.54 Å². The van der Waals surface area contributed by atoms with Gasteiger partial charge >= 0.3 is 0 Å². The van der Waals surface area contributed by atoms with Crippen molar-refractivity contribution in [2.24, 2.45) is 5.92 Å². The van der Waals surface area contributed by atoms with Gasteiger partial charge in [0.15, 0.2) is 0 Å². The normalized spacial score (nSPS) is 16.9. The predicted octanol–water partition coefficient (Wildman–Crippen LogP) is 3.67. The topological polar surface area (TPSA) is 29.3 Å². The number of hydrogen-bond donors (Lipinski definition) is 1. The van der Waals surface area contributed by atoms with Gasteiger partial charge in [-0.25, -0.2) is 0 Å². The molecule has 2 N–H and O–H groups in total. The molecule has 0 radical (unpaired) electrons. The summed E-state index contributed by atoms with van der Waals surface area (Å²) in [5.41, 5.74) is 8.10. The molecule has 1 aromatic rings. The summed E-state index contributed by atoms with van der Waals surface area (Å²) in [7, 11) is 0. The Labute approximate surface area is 111 Å². The van der Waals surface area contributed by atoms with E-state index in [0.717, 1.165) is 24.2 Å². The molecule has 0 heterocycles. The van der Waals surface area contributed by atoms with E-state index in [1.165, 1.54) is 37.8 Å². The average molecular weight is 246 g/mol. The van der Waals surface area contributed by atoms with Crippen molar-refractivity contribution in [3.63, 3.8) is 0 Å². The third-order valence-corrected chi connectivity index (χ3v) is 3.78. The first-order chi connectivity index (χ1) is 8.65. The van der Waals surface area contributed by atoms with Crippen molar-refractivity contribution in [1.29, 1.82) is 0 Å². The molecular weight excluding hydrogens is 220 g/mol. The standard InChI is InChI=1S/C16H26N2/c1-13(2)11-18(16-8-3-4-9-16)12-14-6-5-7-15(17)10-14/h5-7,10,13,16H,3-4,8-9,11-12,17H2,1-2H3. The highest BCUT2D eigenvalue weighted by Crippen LogP contribution is 2.26. The van der Waals surface area contributed by atoms with Gasteiger partial charge in [-0.3, -0.25) is 4.90 Å². The minimum atomic E-state index is 0.728. The van der Waals surface area contributed by atoms with Gasteiger partial charge in [0, 0.05) is 24.8 Å². The minimum Gasteiger partial charge on any atom is -0.399 e. The van der Waals surface area contributed by atoms with Gasteiger partial charge in [0.2, 0.25) is 0 Å². The van der Waals surface area contributed by atoms with E-state index in [1.807, 2.05) is 6.07 Å². The van der Waals surface area contributed by atoms with Crippen LogP contribution in [0.3, 0.4) is 0 Å². The van der Waals surface area contributed by atoms with E-state index in [2.05, 4.69) is 36.9 Å². The summed E-state index contributed by atoms with van der Waals surface area (Å²) in [5.74, 6) is 0.728. The first-order valence-electron chi connectivity index (χ1n) is 7.23. The first kappa shape index (κ1) is 13.4. The third kappa shape index (κ3) is 3.74.